The van der Waals surface area contributed by atoms with E-state index in [9.17, 15) is 19.1 Å². The van der Waals surface area contributed by atoms with Crippen LogP contribution in [0.15, 0.2) is 53.0 Å². The zero-order chi connectivity index (χ0) is 19.6. The number of rotatable bonds is 5. The normalized spacial score (nSPS) is 10.6. The lowest BCUT2D eigenvalue weighted by atomic mass is 10.1. The SMILES string of the molecule is CCn1nc(-c2ccc(Br)cc2)c(C(=O)O)c1NC(=O)c1ccc(F)cc1. The molecule has 138 valence electrons. The number of hydrogen-bond acceptors (Lipinski definition) is 3. The van der Waals surface area contributed by atoms with Gasteiger partial charge in [-0.1, -0.05) is 28.1 Å². The highest BCUT2D eigenvalue weighted by molar-refractivity contribution is 9.10. The van der Waals surface area contributed by atoms with Crippen LogP contribution in [-0.4, -0.2) is 26.8 Å². The summed E-state index contributed by atoms with van der Waals surface area (Å²) in [7, 11) is 0. The van der Waals surface area contributed by atoms with E-state index in [0.717, 1.165) is 16.6 Å². The van der Waals surface area contributed by atoms with Crippen molar-refractivity contribution < 1.29 is 19.1 Å². The molecule has 1 heterocycles. The fourth-order valence-corrected chi connectivity index (χ4v) is 2.88. The number of aromatic nitrogens is 2. The quantitative estimate of drug-likeness (QED) is 0.625. The first kappa shape index (κ1) is 18.8. The third-order valence-corrected chi connectivity index (χ3v) is 4.45. The van der Waals surface area contributed by atoms with Crippen LogP contribution < -0.4 is 5.32 Å². The number of carbonyl (C=O) groups is 2. The summed E-state index contributed by atoms with van der Waals surface area (Å²) in [6.07, 6.45) is 0. The van der Waals surface area contributed by atoms with Gasteiger partial charge < -0.3 is 10.4 Å². The van der Waals surface area contributed by atoms with Gasteiger partial charge in [0, 0.05) is 22.1 Å². The monoisotopic (exact) mass is 431 g/mol. The molecule has 0 radical (unpaired) electrons. The van der Waals surface area contributed by atoms with Crippen LogP contribution in [0.1, 0.15) is 27.6 Å². The van der Waals surface area contributed by atoms with E-state index in [0.29, 0.717) is 12.1 Å². The highest BCUT2D eigenvalue weighted by Gasteiger charge is 2.25. The number of benzene rings is 2. The molecule has 0 atom stereocenters. The molecule has 0 fully saturated rings. The van der Waals surface area contributed by atoms with Gasteiger partial charge in [-0.25, -0.2) is 13.9 Å². The van der Waals surface area contributed by atoms with Crippen molar-refractivity contribution in [2.24, 2.45) is 0 Å². The summed E-state index contributed by atoms with van der Waals surface area (Å²) in [6, 6.07) is 12.0. The molecule has 1 amide bonds. The van der Waals surface area contributed by atoms with Gasteiger partial charge in [0.25, 0.3) is 5.91 Å². The van der Waals surface area contributed by atoms with E-state index in [1.165, 1.54) is 16.8 Å². The van der Waals surface area contributed by atoms with Crippen LogP contribution in [0.5, 0.6) is 0 Å². The number of anilines is 1. The molecule has 3 rings (SSSR count). The van der Waals surface area contributed by atoms with E-state index in [1.54, 1.807) is 31.2 Å². The van der Waals surface area contributed by atoms with Crippen molar-refractivity contribution in [3.05, 3.63) is 69.9 Å². The van der Waals surface area contributed by atoms with Crippen molar-refractivity contribution in [1.29, 1.82) is 0 Å². The lowest BCUT2D eigenvalue weighted by Crippen LogP contribution is -2.17. The molecule has 1 aromatic heterocycles. The van der Waals surface area contributed by atoms with E-state index in [4.69, 9.17) is 0 Å². The minimum atomic E-state index is -1.21. The highest BCUT2D eigenvalue weighted by Crippen LogP contribution is 2.30. The molecule has 8 heteroatoms. The molecule has 0 aliphatic carbocycles. The van der Waals surface area contributed by atoms with E-state index in [2.05, 4.69) is 26.3 Å². The molecule has 3 aromatic rings. The lowest BCUT2D eigenvalue weighted by Gasteiger charge is -2.08. The van der Waals surface area contributed by atoms with Crippen molar-refractivity contribution >= 4 is 33.6 Å². The Morgan fingerprint density at radius 3 is 2.33 bits per heavy atom. The second-order valence-corrected chi connectivity index (χ2v) is 6.58. The minimum Gasteiger partial charge on any atom is -0.477 e. The Balaban J connectivity index is 2.06. The van der Waals surface area contributed by atoms with Crippen LogP contribution in [0.4, 0.5) is 10.2 Å². The van der Waals surface area contributed by atoms with Crippen molar-refractivity contribution in [1.82, 2.24) is 9.78 Å². The summed E-state index contributed by atoms with van der Waals surface area (Å²) in [5, 5.41) is 16.7. The Morgan fingerprint density at radius 2 is 1.78 bits per heavy atom. The van der Waals surface area contributed by atoms with Gasteiger partial charge in [-0.3, -0.25) is 4.79 Å². The van der Waals surface area contributed by atoms with Crippen LogP contribution in [0.25, 0.3) is 11.3 Å². The summed E-state index contributed by atoms with van der Waals surface area (Å²) in [4.78, 5) is 24.4. The number of aryl methyl sites for hydroxylation is 1. The molecular formula is C19H15BrFN3O3. The fraction of sp³-hybridized carbons (Fsp3) is 0.105. The number of nitrogens with one attached hydrogen (secondary N) is 1. The van der Waals surface area contributed by atoms with Crippen molar-refractivity contribution in [2.75, 3.05) is 5.32 Å². The van der Waals surface area contributed by atoms with E-state index in [1.807, 2.05) is 0 Å². The zero-order valence-corrected chi connectivity index (χ0v) is 15.8. The first-order chi connectivity index (χ1) is 12.9. The van der Waals surface area contributed by atoms with Gasteiger partial charge in [-0.05, 0) is 43.3 Å². The maximum Gasteiger partial charge on any atom is 0.341 e. The molecule has 6 nitrogen and oxygen atoms in total. The summed E-state index contributed by atoms with van der Waals surface area (Å²) in [5.41, 5.74) is 0.975. The smallest absolute Gasteiger partial charge is 0.341 e. The van der Waals surface area contributed by atoms with Gasteiger partial charge in [-0.2, -0.15) is 5.10 Å². The van der Waals surface area contributed by atoms with E-state index >= 15 is 0 Å². The second-order valence-electron chi connectivity index (χ2n) is 5.66. The number of carbonyl (C=O) groups excluding carboxylic acids is 1. The number of amides is 1. The highest BCUT2D eigenvalue weighted by atomic mass is 79.9. The lowest BCUT2D eigenvalue weighted by molar-refractivity contribution is 0.0699. The van der Waals surface area contributed by atoms with Gasteiger partial charge in [0.1, 0.15) is 22.9 Å². The number of hydrogen-bond donors (Lipinski definition) is 2. The molecule has 0 saturated heterocycles. The average molecular weight is 432 g/mol. The van der Waals surface area contributed by atoms with E-state index < -0.39 is 17.7 Å². The second kappa shape index (κ2) is 7.71. The molecule has 0 aliphatic heterocycles. The van der Waals surface area contributed by atoms with Crippen molar-refractivity contribution in [2.45, 2.75) is 13.5 Å². The Kier molecular flexibility index (Phi) is 5.36. The van der Waals surface area contributed by atoms with Crippen molar-refractivity contribution in [3.8, 4) is 11.3 Å². The van der Waals surface area contributed by atoms with Gasteiger partial charge in [-0.15, -0.1) is 0 Å². The standard InChI is InChI=1S/C19H15BrFN3O3/c1-2-24-17(22-18(25)12-5-9-14(21)10-6-12)15(19(26)27)16(23-24)11-3-7-13(20)8-4-11/h3-10H,2H2,1H3,(H,22,25)(H,26,27). The molecular weight excluding hydrogens is 417 g/mol. The molecule has 0 bridgehead atoms. The first-order valence-electron chi connectivity index (χ1n) is 8.07. The molecule has 0 spiro atoms. The zero-order valence-electron chi connectivity index (χ0n) is 14.2. The minimum absolute atomic E-state index is 0.0808. The number of aromatic carboxylic acids is 1. The summed E-state index contributed by atoms with van der Waals surface area (Å²) < 4.78 is 15.3. The van der Waals surface area contributed by atoms with Crippen LogP contribution in [0, 0.1) is 5.82 Å². The van der Waals surface area contributed by atoms with Crippen LogP contribution in [0.2, 0.25) is 0 Å². The van der Waals surface area contributed by atoms with E-state index in [-0.39, 0.29) is 22.6 Å². The number of carboxylic acid groups (broad SMARTS) is 1. The predicted molar refractivity (Wildman–Crippen MR) is 102 cm³/mol. The maximum atomic E-state index is 13.1. The fourth-order valence-electron chi connectivity index (χ4n) is 2.61. The molecule has 2 N–H and O–H groups in total. The number of nitrogens with zero attached hydrogens (tertiary/aromatic N) is 2. The largest absolute Gasteiger partial charge is 0.477 e. The van der Waals surface area contributed by atoms with Gasteiger partial charge in [0.15, 0.2) is 0 Å². The molecule has 0 aliphatic rings. The maximum absolute atomic E-state index is 13.1. The topological polar surface area (TPSA) is 84.2 Å². The Bertz CT molecular complexity index is 998. The Morgan fingerprint density at radius 1 is 1.15 bits per heavy atom. The molecule has 2 aromatic carbocycles. The molecule has 27 heavy (non-hydrogen) atoms. The van der Waals surface area contributed by atoms with Crippen molar-refractivity contribution in [3.63, 3.8) is 0 Å². The predicted octanol–water partition coefficient (Wildman–Crippen LogP) is 4.42. The summed E-state index contributed by atoms with van der Waals surface area (Å²) in [6.45, 7) is 2.15. The summed E-state index contributed by atoms with van der Waals surface area (Å²) >= 11 is 3.34. The third-order valence-electron chi connectivity index (χ3n) is 3.92. The van der Waals surface area contributed by atoms with Gasteiger partial charge in [0.2, 0.25) is 0 Å². The number of halogens is 2. The summed E-state index contributed by atoms with van der Waals surface area (Å²) in [5.74, 6) is -2.14. The Hall–Kier alpha value is -3.00. The van der Waals surface area contributed by atoms with Gasteiger partial charge in [0.05, 0.1) is 0 Å². The third kappa shape index (κ3) is 3.90. The molecule has 0 unspecified atom stereocenters. The van der Waals surface area contributed by atoms with Gasteiger partial charge >= 0.3 is 5.97 Å². The van der Waals surface area contributed by atoms with Crippen LogP contribution in [0.3, 0.4) is 0 Å². The van der Waals surface area contributed by atoms with Crippen LogP contribution in [-0.2, 0) is 6.54 Å². The average Bonchev–Trinajstić information content (AvgIpc) is 3.01. The first-order valence-corrected chi connectivity index (χ1v) is 8.87. The van der Waals surface area contributed by atoms with Crippen LogP contribution >= 0.6 is 15.9 Å². The molecule has 0 saturated carbocycles. The number of carboxylic acids is 1. The Labute approximate surface area is 162 Å².